The number of nitrogens with one attached hydrogen (secondary N) is 2. The number of hydrogen-bond acceptors (Lipinski definition) is 3. The summed E-state index contributed by atoms with van der Waals surface area (Å²) in [4.78, 5) is 8.80. The van der Waals surface area contributed by atoms with Crippen LogP contribution in [0, 0.1) is 19.8 Å². The van der Waals surface area contributed by atoms with Crippen molar-refractivity contribution in [3.8, 4) is 5.82 Å². The molecule has 1 saturated carbocycles. The molecule has 0 spiro atoms. The second-order valence-electron chi connectivity index (χ2n) is 6.47. The molecule has 2 N–H and O–H groups in total. The van der Waals surface area contributed by atoms with Gasteiger partial charge >= 0.3 is 0 Å². The summed E-state index contributed by atoms with van der Waals surface area (Å²) in [5.41, 5.74) is 3.21. The third kappa shape index (κ3) is 5.17. The van der Waals surface area contributed by atoms with Crippen LogP contribution in [0.1, 0.15) is 36.2 Å². The molecule has 0 aliphatic heterocycles. The monoisotopic (exact) mass is 454 g/mol. The van der Waals surface area contributed by atoms with E-state index in [4.69, 9.17) is 0 Å². The maximum atomic E-state index is 4.52. The maximum absolute atomic E-state index is 4.52. The Morgan fingerprint density at radius 3 is 2.60 bits per heavy atom. The highest BCUT2D eigenvalue weighted by molar-refractivity contribution is 14.0. The van der Waals surface area contributed by atoms with Crippen LogP contribution in [-0.2, 0) is 6.54 Å². The van der Waals surface area contributed by atoms with Gasteiger partial charge in [-0.1, -0.05) is 12.5 Å². The lowest BCUT2D eigenvalue weighted by Crippen LogP contribution is -2.40. The minimum absolute atomic E-state index is 0. The third-order valence-corrected chi connectivity index (χ3v) is 4.50. The van der Waals surface area contributed by atoms with E-state index in [1.807, 2.05) is 30.8 Å². The summed E-state index contributed by atoms with van der Waals surface area (Å²) in [7, 11) is 1.81. The Hall–Kier alpha value is -1.64. The lowest BCUT2D eigenvalue weighted by atomic mass is 9.85. The number of halogens is 1. The van der Waals surface area contributed by atoms with Crippen LogP contribution in [0.4, 0.5) is 0 Å². The van der Waals surface area contributed by atoms with Gasteiger partial charge in [-0.3, -0.25) is 4.99 Å². The zero-order chi connectivity index (χ0) is 16.9. The number of nitrogens with zero attached hydrogens (tertiary/aromatic N) is 4. The minimum Gasteiger partial charge on any atom is -0.356 e. The van der Waals surface area contributed by atoms with E-state index in [9.17, 15) is 0 Å². The fourth-order valence-corrected chi connectivity index (χ4v) is 2.85. The lowest BCUT2D eigenvalue weighted by Gasteiger charge is -2.26. The number of aliphatic imine (C=N–C) groups is 1. The number of hydrogen-bond donors (Lipinski definition) is 2. The number of rotatable bonds is 5. The van der Waals surface area contributed by atoms with Gasteiger partial charge in [0.2, 0.25) is 0 Å². The lowest BCUT2D eigenvalue weighted by molar-refractivity contribution is 0.314. The van der Waals surface area contributed by atoms with E-state index in [0.717, 1.165) is 41.2 Å². The van der Waals surface area contributed by atoms with Gasteiger partial charge < -0.3 is 10.6 Å². The molecule has 25 heavy (non-hydrogen) atoms. The quantitative estimate of drug-likeness (QED) is 0.414. The molecular weight excluding hydrogens is 427 g/mol. The predicted molar refractivity (Wildman–Crippen MR) is 112 cm³/mol. The number of aryl methyl sites for hydroxylation is 2. The largest absolute Gasteiger partial charge is 0.356 e. The number of pyridine rings is 1. The predicted octanol–water partition coefficient (Wildman–Crippen LogP) is 2.97. The molecule has 1 aliphatic rings. The standard InChI is InChI=1S/C18H26N6.HI/c1-13-9-14(2)24(23-13)17-8-7-16(11-20-17)12-22-18(19-3)21-10-15-5-4-6-15;/h7-9,11,15H,4-6,10,12H2,1-3H3,(H2,19,21,22);1H. The van der Waals surface area contributed by atoms with Crippen LogP contribution < -0.4 is 10.6 Å². The van der Waals surface area contributed by atoms with Gasteiger partial charge in [0.15, 0.2) is 11.8 Å². The van der Waals surface area contributed by atoms with E-state index in [1.165, 1.54) is 19.3 Å². The highest BCUT2D eigenvalue weighted by atomic mass is 127. The Morgan fingerprint density at radius 1 is 1.28 bits per heavy atom. The van der Waals surface area contributed by atoms with E-state index in [-0.39, 0.29) is 24.0 Å². The van der Waals surface area contributed by atoms with Crippen molar-refractivity contribution < 1.29 is 0 Å². The van der Waals surface area contributed by atoms with Crippen LogP contribution in [0.25, 0.3) is 5.82 Å². The fourth-order valence-electron chi connectivity index (χ4n) is 2.85. The van der Waals surface area contributed by atoms with Crippen molar-refractivity contribution in [2.45, 2.75) is 39.7 Å². The first-order chi connectivity index (χ1) is 11.7. The molecular formula is C18H27IN6. The average molecular weight is 454 g/mol. The summed E-state index contributed by atoms with van der Waals surface area (Å²) in [5, 5.41) is 11.2. The Bertz CT molecular complexity index is 703. The Kier molecular flexibility index (Phi) is 7.22. The van der Waals surface area contributed by atoms with E-state index in [1.54, 1.807) is 7.05 Å². The van der Waals surface area contributed by atoms with Gasteiger partial charge in [-0.2, -0.15) is 5.10 Å². The van der Waals surface area contributed by atoms with Crippen molar-refractivity contribution in [1.29, 1.82) is 0 Å². The molecule has 0 atom stereocenters. The van der Waals surface area contributed by atoms with Crippen LogP contribution in [0.15, 0.2) is 29.4 Å². The third-order valence-electron chi connectivity index (χ3n) is 4.50. The first-order valence-electron chi connectivity index (χ1n) is 8.59. The summed E-state index contributed by atoms with van der Waals surface area (Å²) in [6.07, 6.45) is 5.92. The number of aromatic nitrogens is 3. The molecule has 0 aromatic carbocycles. The summed E-state index contributed by atoms with van der Waals surface area (Å²) < 4.78 is 1.87. The number of guanidine groups is 1. The van der Waals surface area contributed by atoms with Crippen molar-refractivity contribution in [3.63, 3.8) is 0 Å². The summed E-state index contributed by atoms with van der Waals surface area (Å²) in [6.45, 7) is 5.74. The van der Waals surface area contributed by atoms with Crippen molar-refractivity contribution in [2.75, 3.05) is 13.6 Å². The average Bonchev–Trinajstić information content (AvgIpc) is 2.88. The second-order valence-corrected chi connectivity index (χ2v) is 6.47. The molecule has 1 aliphatic carbocycles. The smallest absolute Gasteiger partial charge is 0.191 e. The highest BCUT2D eigenvalue weighted by Gasteiger charge is 2.17. The summed E-state index contributed by atoms with van der Waals surface area (Å²) in [6, 6.07) is 6.13. The van der Waals surface area contributed by atoms with E-state index < -0.39 is 0 Å². The van der Waals surface area contributed by atoms with Gasteiger partial charge in [0.25, 0.3) is 0 Å². The van der Waals surface area contributed by atoms with Crippen LogP contribution >= 0.6 is 24.0 Å². The SMILES string of the molecule is CN=C(NCc1ccc(-n2nc(C)cc2C)nc1)NCC1CCC1.I. The topological polar surface area (TPSA) is 67.1 Å². The van der Waals surface area contributed by atoms with Crippen molar-refractivity contribution in [1.82, 2.24) is 25.4 Å². The molecule has 0 saturated heterocycles. The highest BCUT2D eigenvalue weighted by Crippen LogP contribution is 2.25. The fraction of sp³-hybridized carbons (Fsp3) is 0.500. The van der Waals surface area contributed by atoms with Crippen LogP contribution in [0.2, 0.25) is 0 Å². The van der Waals surface area contributed by atoms with Gasteiger partial charge in [-0.05, 0) is 50.3 Å². The molecule has 0 bridgehead atoms. The van der Waals surface area contributed by atoms with Gasteiger partial charge in [-0.25, -0.2) is 9.67 Å². The molecule has 1 fully saturated rings. The van der Waals surface area contributed by atoms with E-state index >= 15 is 0 Å². The Morgan fingerprint density at radius 2 is 2.08 bits per heavy atom. The van der Waals surface area contributed by atoms with E-state index in [2.05, 4.69) is 37.8 Å². The zero-order valence-electron chi connectivity index (χ0n) is 15.1. The molecule has 2 aromatic heterocycles. The molecule has 6 nitrogen and oxygen atoms in total. The first kappa shape index (κ1) is 19.7. The Balaban J connectivity index is 0.00000225. The molecule has 0 unspecified atom stereocenters. The van der Waals surface area contributed by atoms with Crippen LogP contribution in [0.5, 0.6) is 0 Å². The van der Waals surface area contributed by atoms with Gasteiger partial charge in [-0.15, -0.1) is 24.0 Å². The van der Waals surface area contributed by atoms with Gasteiger partial charge in [0, 0.05) is 32.0 Å². The van der Waals surface area contributed by atoms with Crippen LogP contribution in [0.3, 0.4) is 0 Å². The van der Waals surface area contributed by atoms with Crippen molar-refractivity contribution >= 4 is 29.9 Å². The molecule has 2 aromatic rings. The summed E-state index contributed by atoms with van der Waals surface area (Å²) in [5.74, 6) is 2.51. The first-order valence-corrected chi connectivity index (χ1v) is 8.59. The summed E-state index contributed by atoms with van der Waals surface area (Å²) >= 11 is 0. The maximum Gasteiger partial charge on any atom is 0.191 e. The minimum atomic E-state index is 0. The van der Waals surface area contributed by atoms with Crippen LogP contribution in [-0.4, -0.2) is 34.3 Å². The van der Waals surface area contributed by atoms with Crippen molar-refractivity contribution in [2.24, 2.45) is 10.9 Å². The van der Waals surface area contributed by atoms with Crippen molar-refractivity contribution in [3.05, 3.63) is 41.3 Å². The molecule has 3 rings (SSSR count). The molecule has 0 radical (unpaired) electrons. The molecule has 0 amide bonds. The van der Waals surface area contributed by atoms with E-state index in [0.29, 0.717) is 6.54 Å². The van der Waals surface area contributed by atoms with Gasteiger partial charge in [0.1, 0.15) is 0 Å². The zero-order valence-corrected chi connectivity index (χ0v) is 17.4. The van der Waals surface area contributed by atoms with Gasteiger partial charge in [0.05, 0.1) is 5.69 Å². The Labute approximate surface area is 166 Å². The molecule has 2 heterocycles. The molecule has 136 valence electrons. The second kappa shape index (κ2) is 9.17. The normalized spacial score (nSPS) is 14.6. The molecule has 7 heteroatoms.